The number of aromatic nitrogens is 1. The van der Waals surface area contributed by atoms with Crippen molar-refractivity contribution in [1.29, 1.82) is 5.26 Å². The van der Waals surface area contributed by atoms with Gasteiger partial charge in [-0.25, -0.2) is 4.98 Å². The molecule has 128 valence electrons. The zero-order valence-electron chi connectivity index (χ0n) is 14.0. The lowest BCUT2D eigenvalue weighted by molar-refractivity contribution is -0.117. The molecule has 0 spiro atoms. The van der Waals surface area contributed by atoms with Crippen molar-refractivity contribution >= 4 is 17.3 Å². The lowest BCUT2D eigenvalue weighted by Gasteiger charge is -2.32. The van der Waals surface area contributed by atoms with E-state index < -0.39 is 0 Å². The molecule has 1 aromatic carbocycles. The Hall–Kier alpha value is -2.91. The maximum absolute atomic E-state index is 12.1. The van der Waals surface area contributed by atoms with Gasteiger partial charge in [0.25, 0.3) is 0 Å². The van der Waals surface area contributed by atoms with E-state index in [1.807, 2.05) is 42.5 Å². The van der Waals surface area contributed by atoms with Gasteiger partial charge in [0.05, 0.1) is 18.4 Å². The standard InChI is InChI=1S/C19H21N5O/c20-12-17-6-7-18(13-21-17)22-16-8-10-24(11-9-16)14-19(25)23-15-4-2-1-3-5-15/h1-7,13,16,22H,8-11,14H2,(H,23,25). The number of amides is 1. The lowest BCUT2D eigenvalue weighted by Crippen LogP contribution is -2.42. The Balaban J connectivity index is 1.42. The molecule has 2 heterocycles. The molecule has 1 fully saturated rings. The summed E-state index contributed by atoms with van der Waals surface area (Å²) in [6.45, 7) is 2.17. The molecule has 2 N–H and O–H groups in total. The van der Waals surface area contributed by atoms with Crippen LogP contribution in [0.1, 0.15) is 18.5 Å². The number of carbonyl (C=O) groups excluding carboxylic acids is 1. The molecule has 1 aromatic heterocycles. The van der Waals surface area contributed by atoms with Crippen molar-refractivity contribution in [3.63, 3.8) is 0 Å². The molecule has 0 saturated carbocycles. The first-order valence-electron chi connectivity index (χ1n) is 8.43. The Morgan fingerprint density at radius 2 is 1.92 bits per heavy atom. The molecule has 25 heavy (non-hydrogen) atoms. The summed E-state index contributed by atoms with van der Waals surface area (Å²) in [5, 5.41) is 15.1. The van der Waals surface area contributed by atoms with Gasteiger partial charge in [-0.1, -0.05) is 18.2 Å². The number of nitrogens with one attached hydrogen (secondary N) is 2. The van der Waals surface area contributed by atoms with E-state index in [1.54, 1.807) is 12.3 Å². The summed E-state index contributed by atoms with van der Waals surface area (Å²) in [6, 6.07) is 15.5. The number of rotatable bonds is 5. The Bertz CT molecular complexity index is 731. The summed E-state index contributed by atoms with van der Waals surface area (Å²) >= 11 is 0. The fraction of sp³-hybridized carbons (Fsp3) is 0.316. The summed E-state index contributed by atoms with van der Waals surface area (Å²) in [5.74, 6) is 0.0221. The van der Waals surface area contributed by atoms with Gasteiger partial charge >= 0.3 is 0 Å². The number of piperidine rings is 1. The Kier molecular flexibility index (Phi) is 5.60. The first-order chi connectivity index (χ1) is 12.2. The maximum Gasteiger partial charge on any atom is 0.238 e. The molecule has 1 saturated heterocycles. The number of likely N-dealkylation sites (tertiary alicyclic amines) is 1. The fourth-order valence-corrected chi connectivity index (χ4v) is 2.94. The molecule has 0 aliphatic carbocycles. The third kappa shape index (κ3) is 5.03. The molecule has 0 unspecified atom stereocenters. The van der Waals surface area contributed by atoms with Crippen LogP contribution in [0.3, 0.4) is 0 Å². The van der Waals surface area contributed by atoms with E-state index in [0.717, 1.165) is 37.3 Å². The molecule has 3 rings (SSSR count). The number of carbonyl (C=O) groups is 1. The second-order valence-electron chi connectivity index (χ2n) is 6.15. The summed E-state index contributed by atoms with van der Waals surface area (Å²) < 4.78 is 0. The number of benzene rings is 1. The van der Waals surface area contributed by atoms with Crippen LogP contribution < -0.4 is 10.6 Å². The fourth-order valence-electron chi connectivity index (χ4n) is 2.94. The van der Waals surface area contributed by atoms with E-state index >= 15 is 0 Å². The van der Waals surface area contributed by atoms with Crippen LogP contribution in [0, 0.1) is 11.3 Å². The molecule has 6 nitrogen and oxygen atoms in total. The number of anilines is 2. The van der Waals surface area contributed by atoms with Gasteiger partial charge in [-0.2, -0.15) is 5.26 Å². The third-order valence-corrected chi connectivity index (χ3v) is 4.26. The topological polar surface area (TPSA) is 81.0 Å². The Labute approximate surface area is 147 Å². The predicted molar refractivity (Wildman–Crippen MR) is 97.1 cm³/mol. The number of hydrogen-bond acceptors (Lipinski definition) is 5. The van der Waals surface area contributed by atoms with Gasteiger partial charge < -0.3 is 10.6 Å². The van der Waals surface area contributed by atoms with Crippen LogP contribution >= 0.6 is 0 Å². The van der Waals surface area contributed by atoms with E-state index in [0.29, 0.717) is 18.3 Å². The minimum atomic E-state index is 0.0221. The molecular formula is C19H21N5O. The largest absolute Gasteiger partial charge is 0.381 e. The molecule has 1 aliphatic heterocycles. The minimum Gasteiger partial charge on any atom is -0.381 e. The summed E-state index contributed by atoms with van der Waals surface area (Å²) in [6.07, 6.45) is 3.63. The molecule has 0 bridgehead atoms. The van der Waals surface area contributed by atoms with E-state index in [1.165, 1.54) is 0 Å². The number of pyridine rings is 1. The first kappa shape index (κ1) is 16.9. The van der Waals surface area contributed by atoms with Crippen LogP contribution in [0.2, 0.25) is 0 Å². The molecular weight excluding hydrogens is 314 g/mol. The number of nitriles is 1. The maximum atomic E-state index is 12.1. The van der Waals surface area contributed by atoms with Crippen molar-refractivity contribution in [2.75, 3.05) is 30.3 Å². The van der Waals surface area contributed by atoms with Crippen LogP contribution in [-0.2, 0) is 4.79 Å². The number of para-hydroxylation sites is 1. The molecule has 0 atom stereocenters. The van der Waals surface area contributed by atoms with E-state index in [2.05, 4.69) is 20.5 Å². The average Bonchev–Trinajstić information content (AvgIpc) is 2.65. The Morgan fingerprint density at radius 1 is 1.16 bits per heavy atom. The second-order valence-corrected chi connectivity index (χ2v) is 6.15. The second kappa shape index (κ2) is 8.27. The molecule has 0 radical (unpaired) electrons. The van der Waals surface area contributed by atoms with Gasteiger partial charge in [-0.05, 0) is 37.1 Å². The lowest BCUT2D eigenvalue weighted by atomic mass is 10.0. The highest BCUT2D eigenvalue weighted by molar-refractivity contribution is 5.92. The minimum absolute atomic E-state index is 0.0221. The van der Waals surface area contributed by atoms with Gasteiger partial charge in [0.2, 0.25) is 5.91 Å². The first-order valence-corrected chi connectivity index (χ1v) is 8.43. The van der Waals surface area contributed by atoms with E-state index in [4.69, 9.17) is 5.26 Å². The highest BCUT2D eigenvalue weighted by Gasteiger charge is 2.20. The molecule has 1 aliphatic rings. The number of hydrogen-bond donors (Lipinski definition) is 2. The molecule has 2 aromatic rings. The monoisotopic (exact) mass is 335 g/mol. The van der Waals surface area contributed by atoms with Gasteiger partial charge in [0.15, 0.2) is 0 Å². The summed E-state index contributed by atoms with van der Waals surface area (Å²) in [7, 11) is 0. The normalized spacial score (nSPS) is 15.3. The molecule has 1 amide bonds. The summed E-state index contributed by atoms with van der Waals surface area (Å²) in [5.41, 5.74) is 2.18. The molecule has 6 heteroatoms. The van der Waals surface area contributed by atoms with Crippen LogP contribution in [0.5, 0.6) is 0 Å². The van der Waals surface area contributed by atoms with E-state index in [9.17, 15) is 4.79 Å². The van der Waals surface area contributed by atoms with Crippen LogP contribution in [0.4, 0.5) is 11.4 Å². The average molecular weight is 335 g/mol. The highest BCUT2D eigenvalue weighted by atomic mass is 16.2. The SMILES string of the molecule is N#Cc1ccc(NC2CCN(CC(=O)Nc3ccccc3)CC2)cn1. The van der Waals surface area contributed by atoms with Crippen LogP contribution in [0.15, 0.2) is 48.7 Å². The van der Waals surface area contributed by atoms with Crippen molar-refractivity contribution in [2.45, 2.75) is 18.9 Å². The van der Waals surface area contributed by atoms with Crippen molar-refractivity contribution in [3.05, 3.63) is 54.4 Å². The van der Waals surface area contributed by atoms with Crippen molar-refractivity contribution in [1.82, 2.24) is 9.88 Å². The Morgan fingerprint density at radius 3 is 2.56 bits per heavy atom. The van der Waals surface area contributed by atoms with Gasteiger partial charge in [-0.3, -0.25) is 9.69 Å². The van der Waals surface area contributed by atoms with Crippen molar-refractivity contribution in [3.8, 4) is 6.07 Å². The zero-order valence-corrected chi connectivity index (χ0v) is 14.0. The van der Waals surface area contributed by atoms with E-state index in [-0.39, 0.29) is 5.91 Å². The quantitative estimate of drug-likeness (QED) is 0.877. The van der Waals surface area contributed by atoms with Gasteiger partial charge in [0.1, 0.15) is 11.8 Å². The van der Waals surface area contributed by atoms with Gasteiger partial charge in [0, 0.05) is 24.8 Å². The van der Waals surface area contributed by atoms with Crippen molar-refractivity contribution < 1.29 is 4.79 Å². The predicted octanol–water partition coefficient (Wildman–Crippen LogP) is 2.47. The van der Waals surface area contributed by atoms with Crippen LogP contribution in [0.25, 0.3) is 0 Å². The highest BCUT2D eigenvalue weighted by Crippen LogP contribution is 2.16. The van der Waals surface area contributed by atoms with Crippen molar-refractivity contribution in [2.24, 2.45) is 0 Å². The van der Waals surface area contributed by atoms with Crippen LogP contribution in [-0.4, -0.2) is 41.5 Å². The number of nitrogens with zero attached hydrogens (tertiary/aromatic N) is 3. The summed E-state index contributed by atoms with van der Waals surface area (Å²) in [4.78, 5) is 18.4. The van der Waals surface area contributed by atoms with Gasteiger partial charge in [-0.15, -0.1) is 0 Å². The zero-order chi connectivity index (χ0) is 17.5. The third-order valence-electron chi connectivity index (χ3n) is 4.26. The smallest absolute Gasteiger partial charge is 0.238 e.